The average Bonchev–Trinajstić information content (AvgIpc) is 2.34. The van der Waals surface area contributed by atoms with Crippen LogP contribution in [0.5, 0.6) is 5.88 Å². The second-order valence-corrected chi connectivity index (χ2v) is 3.78. The van der Waals surface area contributed by atoms with Crippen molar-refractivity contribution in [1.82, 2.24) is 10.2 Å². The number of hydrogen-bond acceptors (Lipinski definition) is 4. The highest BCUT2D eigenvalue weighted by Crippen LogP contribution is 2.07. The third-order valence-corrected chi connectivity index (χ3v) is 2.36. The maximum atomic E-state index is 8.78. The Morgan fingerprint density at radius 1 is 1.12 bits per heavy atom. The standard InChI is InChI=1S/C12H20N2O2/c1-2-3-4-5-6-9-16-12-8-7-11(10-15)13-14-12/h7-8,15H,2-6,9-10H2,1H3. The highest BCUT2D eigenvalue weighted by molar-refractivity contribution is 5.10. The number of rotatable bonds is 8. The van der Waals surface area contributed by atoms with Gasteiger partial charge in [0, 0.05) is 6.07 Å². The Labute approximate surface area is 96.7 Å². The van der Waals surface area contributed by atoms with E-state index in [0.717, 1.165) is 6.42 Å². The van der Waals surface area contributed by atoms with Gasteiger partial charge in [0.25, 0.3) is 0 Å². The van der Waals surface area contributed by atoms with E-state index in [1.807, 2.05) is 0 Å². The number of hydrogen-bond donors (Lipinski definition) is 1. The molecule has 0 amide bonds. The number of aromatic nitrogens is 2. The lowest BCUT2D eigenvalue weighted by atomic mass is 10.2. The van der Waals surface area contributed by atoms with Crippen LogP contribution in [0.1, 0.15) is 44.7 Å². The fourth-order valence-corrected chi connectivity index (χ4v) is 1.39. The molecule has 0 aliphatic rings. The molecule has 1 heterocycles. The van der Waals surface area contributed by atoms with Crippen LogP contribution >= 0.6 is 0 Å². The van der Waals surface area contributed by atoms with E-state index < -0.39 is 0 Å². The lowest BCUT2D eigenvalue weighted by Crippen LogP contribution is -2.01. The van der Waals surface area contributed by atoms with Crippen LogP contribution in [0.3, 0.4) is 0 Å². The zero-order valence-corrected chi connectivity index (χ0v) is 9.85. The minimum atomic E-state index is -0.0791. The van der Waals surface area contributed by atoms with Crippen molar-refractivity contribution in [1.29, 1.82) is 0 Å². The van der Waals surface area contributed by atoms with Crippen LogP contribution < -0.4 is 4.74 Å². The Hall–Kier alpha value is -1.16. The average molecular weight is 224 g/mol. The van der Waals surface area contributed by atoms with Crippen molar-refractivity contribution in [2.24, 2.45) is 0 Å². The molecule has 0 aliphatic heterocycles. The summed E-state index contributed by atoms with van der Waals surface area (Å²) in [6.45, 7) is 2.82. The molecular weight excluding hydrogens is 204 g/mol. The van der Waals surface area contributed by atoms with Crippen LogP contribution in [0, 0.1) is 0 Å². The maximum absolute atomic E-state index is 8.78. The molecule has 0 fully saturated rings. The molecule has 0 radical (unpaired) electrons. The molecule has 0 saturated heterocycles. The summed E-state index contributed by atoms with van der Waals surface area (Å²) in [6, 6.07) is 3.46. The zero-order valence-electron chi connectivity index (χ0n) is 9.85. The van der Waals surface area contributed by atoms with Gasteiger partial charge in [-0.1, -0.05) is 32.6 Å². The second-order valence-electron chi connectivity index (χ2n) is 3.78. The summed E-state index contributed by atoms with van der Waals surface area (Å²) >= 11 is 0. The number of aliphatic hydroxyl groups is 1. The molecule has 4 nitrogen and oxygen atoms in total. The lowest BCUT2D eigenvalue weighted by molar-refractivity contribution is 0.269. The number of aliphatic hydroxyl groups excluding tert-OH is 1. The Morgan fingerprint density at radius 3 is 2.56 bits per heavy atom. The molecule has 0 bridgehead atoms. The minimum absolute atomic E-state index is 0.0791. The van der Waals surface area contributed by atoms with Crippen molar-refractivity contribution >= 4 is 0 Å². The Balaban J connectivity index is 2.12. The van der Waals surface area contributed by atoms with Gasteiger partial charge in [0.1, 0.15) is 0 Å². The van der Waals surface area contributed by atoms with Crippen molar-refractivity contribution in [2.75, 3.05) is 6.61 Å². The Morgan fingerprint density at radius 2 is 1.94 bits per heavy atom. The van der Waals surface area contributed by atoms with Crippen molar-refractivity contribution in [3.05, 3.63) is 17.8 Å². The number of nitrogens with zero attached hydrogens (tertiary/aromatic N) is 2. The molecule has 1 rings (SSSR count). The van der Waals surface area contributed by atoms with Crippen LogP contribution in [0.15, 0.2) is 12.1 Å². The van der Waals surface area contributed by atoms with Gasteiger partial charge in [-0.3, -0.25) is 0 Å². The Bertz CT molecular complexity index is 275. The van der Waals surface area contributed by atoms with Gasteiger partial charge in [-0.25, -0.2) is 0 Å². The van der Waals surface area contributed by atoms with E-state index in [-0.39, 0.29) is 6.61 Å². The van der Waals surface area contributed by atoms with Crippen LogP contribution in [0.25, 0.3) is 0 Å². The molecule has 1 aromatic rings. The topological polar surface area (TPSA) is 55.2 Å². The second kappa shape index (κ2) is 8.05. The molecule has 0 spiro atoms. The summed E-state index contributed by atoms with van der Waals surface area (Å²) in [7, 11) is 0. The summed E-state index contributed by atoms with van der Waals surface area (Å²) < 4.78 is 5.43. The van der Waals surface area contributed by atoms with Gasteiger partial charge in [0.2, 0.25) is 5.88 Å². The normalized spacial score (nSPS) is 10.4. The predicted octanol–water partition coefficient (Wildman–Crippen LogP) is 2.32. The summed E-state index contributed by atoms with van der Waals surface area (Å²) in [4.78, 5) is 0. The lowest BCUT2D eigenvalue weighted by Gasteiger charge is -2.04. The zero-order chi connectivity index (χ0) is 11.6. The SMILES string of the molecule is CCCCCCCOc1ccc(CO)nn1. The molecule has 16 heavy (non-hydrogen) atoms. The molecule has 0 saturated carbocycles. The van der Waals surface area contributed by atoms with Gasteiger partial charge < -0.3 is 9.84 Å². The smallest absolute Gasteiger partial charge is 0.233 e. The van der Waals surface area contributed by atoms with Crippen molar-refractivity contribution in [3.8, 4) is 5.88 Å². The molecule has 0 aromatic carbocycles. The van der Waals surface area contributed by atoms with Crippen molar-refractivity contribution < 1.29 is 9.84 Å². The summed E-state index contributed by atoms with van der Waals surface area (Å²) in [5.41, 5.74) is 0.565. The molecular formula is C12H20N2O2. The van der Waals surface area contributed by atoms with Gasteiger partial charge in [0.15, 0.2) is 0 Å². The monoisotopic (exact) mass is 224 g/mol. The third kappa shape index (κ3) is 5.07. The highest BCUT2D eigenvalue weighted by Gasteiger charge is 1.97. The van der Waals surface area contributed by atoms with Gasteiger partial charge >= 0.3 is 0 Å². The van der Waals surface area contributed by atoms with Crippen LogP contribution in [-0.4, -0.2) is 21.9 Å². The molecule has 90 valence electrons. The van der Waals surface area contributed by atoms with E-state index in [0.29, 0.717) is 18.2 Å². The number of ether oxygens (including phenoxy) is 1. The highest BCUT2D eigenvalue weighted by atomic mass is 16.5. The first-order valence-electron chi connectivity index (χ1n) is 5.93. The summed E-state index contributed by atoms with van der Waals surface area (Å²) in [5.74, 6) is 0.535. The fraction of sp³-hybridized carbons (Fsp3) is 0.667. The first kappa shape index (κ1) is 12.9. The van der Waals surface area contributed by atoms with Crippen molar-refractivity contribution in [2.45, 2.75) is 45.6 Å². The van der Waals surface area contributed by atoms with Crippen molar-refractivity contribution in [3.63, 3.8) is 0 Å². The quantitative estimate of drug-likeness (QED) is 0.688. The van der Waals surface area contributed by atoms with Crippen LogP contribution in [0.2, 0.25) is 0 Å². The van der Waals surface area contributed by atoms with Gasteiger partial charge in [-0.05, 0) is 12.5 Å². The molecule has 4 heteroatoms. The Kier molecular flexibility index (Phi) is 6.49. The molecule has 0 atom stereocenters. The molecule has 0 unspecified atom stereocenters. The predicted molar refractivity (Wildman–Crippen MR) is 62.2 cm³/mol. The minimum Gasteiger partial charge on any atom is -0.477 e. The number of unbranched alkanes of at least 4 members (excludes halogenated alkanes) is 4. The first-order valence-corrected chi connectivity index (χ1v) is 5.93. The van der Waals surface area contributed by atoms with Crippen LogP contribution in [-0.2, 0) is 6.61 Å². The first-order chi connectivity index (χ1) is 7.86. The van der Waals surface area contributed by atoms with E-state index in [2.05, 4.69) is 17.1 Å². The summed E-state index contributed by atoms with van der Waals surface area (Å²) in [5, 5.41) is 16.4. The maximum Gasteiger partial charge on any atom is 0.233 e. The van der Waals surface area contributed by atoms with E-state index in [1.54, 1.807) is 12.1 Å². The molecule has 1 N–H and O–H groups in total. The summed E-state index contributed by atoms with van der Waals surface area (Å²) in [6.07, 6.45) is 6.09. The fourth-order valence-electron chi connectivity index (χ4n) is 1.39. The van der Waals surface area contributed by atoms with E-state index in [9.17, 15) is 0 Å². The van der Waals surface area contributed by atoms with Crippen LogP contribution in [0.4, 0.5) is 0 Å². The van der Waals surface area contributed by atoms with E-state index in [4.69, 9.17) is 9.84 Å². The van der Waals surface area contributed by atoms with Gasteiger partial charge in [0.05, 0.1) is 18.9 Å². The third-order valence-electron chi connectivity index (χ3n) is 2.36. The largest absolute Gasteiger partial charge is 0.477 e. The van der Waals surface area contributed by atoms with E-state index in [1.165, 1.54) is 25.7 Å². The van der Waals surface area contributed by atoms with Gasteiger partial charge in [-0.15, -0.1) is 10.2 Å². The van der Waals surface area contributed by atoms with Gasteiger partial charge in [-0.2, -0.15) is 0 Å². The molecule has 0 aliphatic carbocycles. The van der Waals surface area contributed by atoms with E-state index >= 15 is 0 Å². The molecule has 1 aromatic heterocycles.